The van der Waals surface area contributed by atoms with Crippen LogP contribution in [0.5, 0.6) is 5.75 Å². The first kappa shape index (κ1) is 19.6. The second-order valence-corrected chi connectivity index (χ2v) is 7.38. The molecule has 0 bridgehead atoms. The minimum Gasteiger partial charge on any atom is -0.494 e. The number of amides is 1. The predicted molar refractivity (Wildman–Crippen MR) is 104 cm³/mol. The molecule has 0 aliphatic rings. The van der Waals surface area contributed by atoms with Gasteiger partial charge >= 0.3 is 11.6 Å². The number of rotatable bonds is 6. The monoisotopic (exact) mass is 385 g/mol. The SMILES string of the molecule is COc1cc2nn(CCC(C)(C)O)cc2cc1NC(=O)c1cccc(C)[n+]1O. The van der Waals surface area contributed by atoms with Gasteiger partial charge in [0.1, 0.15) is 5.75 Å². The Balaban J connectivity index is 1.89. The second-order valence-electron chi connectivity index (χ2n) is 7.38. The largest absolute Gasteiger partial charge is 0.494 e. The third kappa shape index (κ3) is 4.23. The average Bonchev–Trinajstić information content (AvgIpc) is 3.02. The van der Waals surface area contributed by atoms with Crippen molar-refractivity contribution in [3.8, 4) is 5.75 Å². The van der Waals surface area contributed by atoms with Crippen LogP contribution in [0.25, 0.3) is 10.9 Å². The van der Waals surface area contributed by atoms with E-state index in [1.165, 1.54) is 13.2 Å². The Morgan fingerprint density at radius 2 is 2.11 bits per heavy atom. The van der Waals surface area contributed by atoms with E-state index in [9.17, 15) is 15.1 Å². The highest BCUT2D eigenvalue weighted by molar-refractivity contribution is 6.04. The van der Waals surface area contributed by atoms with Crippen molar-refractivity contribution >= 4 is 22.5 Å². The number of carbonyl (C=O) groups excluding carboxylic acids is 1. The van der Waals surface area contributed by atoms with Gasteiger partial charge in [-0.05, 0) is 32.4 Å². The minimum atomic E-state index is -0.775. The van der Waals surface area contributed by atoms with E-state index in [1.54, 1.807) is 49.7 Å². The Morgan fingerprint density at radius 1 is 1.36 bits per heavy atom. The van der Waals surface area contributed by atoms with Crippen LogP contribution in [0.3, 0.4) is 0 Å². The third-order valence-corrected chi connectivity index (χ3v) is 4.46. The topological polar surface area (TPSA) is 100 Å². The number of fused-ring (bicyclic) bond motifs is 1. The lowest BCUT2D eigenvalue weighted by molar-refractivity contribution is -0.909. The summed E-state index contributed by atoms with van der Waals surface area (Å²) in [5, 5.41) is 28.1. The minimum absolute atomic E-state index is 0.114. The van der Waals surface area contributed by atoms with Gasteiger partial charge in [-0.1, -0.05) is 0 Å². The van der Waals surface area contributed by atoms with Gasteiger partial charge in [0.2, 0.25) is 5.69 Å². The number of aromatic nitrogens is 3. The maximum Gasteiger partial charge on any atom is 0.325 e. The summed E-state index contributed by atoms with van der Waals surface area (Å²) in [7, 11) is 1.51. The van der Waals surface area contributed by atoms with E-state index in [-0.39, 0.29) is 5.69 Å². The summed E-state index contributed by atoms with van der Waals surface area (Å²) in [5.74, 6) is 0.00371. The molecule has 2 heterocycles. The van der Waals surface area contributed by atoms with Crippen LogP contribution in [-0.4, -0.2) is 38.7 Å². The smallest absolute Gasteiger partial charge is 0.325 e. The van der Waals surface area contributed by atoms with E-state index in [1.807, 2.05) is 6.20 Å². The molecule has 0 saturated heterocycles. The highest BCUT2D eigenvalue weighted by Crippen LogP contribution is 2.30. The van der Waals surface area contributed by atoms with Gasteiger partial charge in [-0.15, -0.1) is 0 Å². The average molecular weight is 385 g/mol. The number of nitrogens with one attached hydrogen (secondary N) is 1. The van der Waals surface area contributed by atoms with E-state index >= 15 is 0 Å². The fraction of sp³-hybridized carbons (Fsp3) is 0.350. The summed E-state index contributed by atoms with van der Waals surface area (Å²) in [5.41, 5.74) is 1.08. The molecule has 3 N–H and O–H groups in total. The Kier molecular flexibility index (Phi) is 5.24. The molecule has 0 aliphatic heterocycles. The van der Waals surface area contributed by atoms with Crippen molar-refractivity contribution in [2.75, 3.05) is 12.4 Å². The van der Waals surface area contributed by atoms with Crippen LogP contribution in [0, 0.1) is 6.92 Å². The predicted octanol–water partition coefficient (Wildman–Crippen LogP) is 2.29. The van der Waals surface area contributed by atoms with Crippen molar-refractivity contribution in [2.24, 2.45) is 0 Å². The zero-order valence-electron chi connectivity index (χ0n) is 16.4. The summed E-state index contributed by atoms with van der Waals surface area (Å²) in [6, 6.07) is 8.45. The molecule has 0 spiro atoms. The standard InChI is InChI=1S/C20H24N4O4/c1-13-6-5-7-17(24(13)27)19(25)21-16-10-14-12-23(9-8-20(2,3)26)22-15(14)11-18(16)28-4/h5-7,10-12,26H,8-9H2,1-4H3,(H-,21,25,27)/p+1. The lowest BCUT2D eigenvalue weighted by atomic mass is 10.1. The number of nitrogens with zero attached hydrogens (tertiary/aromatic N) is 3. The Labute approximate surface area is 162 Å². The Morgan fingerprint density at radius 3 is 2.79 bits per heavy atom. The highest BCUT2D eigenvalue weighted by atomic mass is 16.5. The second kappa shape index (κ2) is 7.47. The van der Waals surface area contributed by atoms with Crippen molar-refractivity contribution < 1.29 is 24.6 Å². The number of aryl methyl sites for hydroxylation is 2. The molecule has 148 valence electrons. The molecule has 3 rings (SSSR count). The number of hydrogen-bond acceptors (Lipinski definition) is 5. The molecular formula is C20H25N4O4+. The van der Waals surface area contributed by atoms with Crippen molar-refractivity contribution in [3.63, 3.8) is 0 Å². The van der Waals surface area contributed by atoms with Crippen LogP contribution in [-0.2, 0) is 6.54 Å². The fourth-order valence-corrected chi connectivity index (χ4v) is 2.84. The fourth-order valence-electron chi connectivity index (χ4n) is 2.84. The van der Waals surface area contributed by atoms with Crippen molar-refractivity contribution in [2.45, 2.75) is 39.3 Å². The number of ether oxygens (including phenoxy) is 1. The lowest BCUT2D eigenvalue weighted by Crippen LogP contribution is -2.42. The number of carbonyl (C=O) groups is 1. The molecule has 1 aromatic carbocycles. The lowest BCUT2D eigenvalue weighted by Gasteiger charge is -2.16. The van der Waals surface area contributed by atoms with Gasteiger partial charge in [-0.25, -0.2) is 0 Å². The molecule has 28 heavy (non-hydrogen) atoms. The molecule has 8 heteroatoms. The maximum absolute atomic E-state index is 12.6. The van der Waals surface area contributed by atoms with Gasteiger partial charge in [-0.3, -0.25) is 14.7 Å². The van der Waals surface area contributed by atoms with Crippen LogP contribution in [0.4, 0.5) is 5.69 Å². The van der Waals surface area contributed by atoms with Crippen LogP contribution in [0.1, 0.15) is 36.5 Å². The van der Waals surface area contributed by atoms with Gasteiger partial charge in [0.25, 0.3) is 0 Å². The Hall–Kier alpha value is -3.13. The van der Waals surface area contributed by atoms with Crippen LogP contribution in [0.2, 0.25) is 0 Å². The number of aliphatic hydroxyl groups is 1. The van der Waals surface area contributed by atoms with Crippen molar-refractivity contribution in [1.82, 2.24) is 9.78 Å². The van der Waals surface area contributed by atoms with Gasteiger partial charge in [-0.2, -0.15) is 5.10 Å². The first-order chi connectivity index (χ1) is 13.2. The van der Waals surface area contributed by atoms with Crippen LogP contribution < -0.4 is 14.8 Å². The summed E-state index contributed by atoms with van der Waals surface area (Å²) >= 11 is 0. The Bertz CT molecular complexity index is 1020. The number of hydrogen-bond donors (Lipinski definition) is 3. The molecule has 1 amide bonds. The van der Waals surface area contributed by atoms with Gasteiger partial charge in [0, 0.05) is 48.0 Å². The number of pyridine rings is 1. The summed E-state index contributed by atoms with van der Waals surface area (Å²) in [6.45, 7) is 5.78. The molecule has 0 atom stereocenters. The zero-order chi connectivity index (χ0) is 20.5. The number of benzene rings is 1. The number of methoxy groups -OCH3 is 1. The molecule has 0 saturated carbocycles. The van der Waals surface area contributed by atoms with E-state index in [0.717, 1.165) is 15.6 Å². The highest BCUT2D eigenvalue weighted by Gasteiger charge is 2.23. The van der Waals surface area contributed by atoms with E-state index in [0.29, 0.717) is 30.1 Å². The summed E-state index contributed by atoms with van der Waals surface area (Å²) in [6.07, 6.45) is 2.42. The molecule has 0 fully saturated rings. The van der Waals surface area contributed by atoms with Gasteiger partial charge in [0.05, 0.1) is 23.9 Å². The van der Waals surface area contributed by atoms with Crippen molar-refractivity contribution in [3.05, 3.63) is 47.9 Å². The third-order valence-electron chi connectivity index (χ3n) is 4.46. The van der Waals surface area contributed by atoms with Crippen LogP contribution in [0.15, 0.2) is 36.5 Å². The van der Waals surface area contributed by atoms with Crippen LogP contribution >= 0.6 is 0 Å². The summed E-state index contributed by atoms with van der Waals surface area (Å²) in [4.78, 5) is 12.6. The van der Waals surface area contributed by atoms with E-state index in [4.69, 9.17) is 4.74 Å². The van der Waals surface area contributed by atoms with E-state index in [2.05, 4.69) is 10.4 Å². The first-order valence-electron chi connectivity index (χ1n) is 8.98. The molecule has 0 unspecified atom stereocenters. The first-order valence-corrected chi connectivity index (χ1v) is 8.98. The molecule has 2 aromatic heterocycles. The maximum atomic E-state index is 12.6. The summed E-state index contributed by atoms with van der Waals surface area (Å²) < 4.78 is 8.00. The molecule has 0 radical (unpaired) electrons. The van der Waals surface area contributed by atoms with Gasteiger partial charge in [0.15, 0.2) is 0 Å². The quantitative estimate of drug-likeness (QED) is 0.446. The zero-order valence-corrected chi connectivity index (χ0v) is 16.4. The van der Waals surface area contributed by atoms with Gasteiger partial charge < -0.3 is 15.2 Å². The molecule has 8 nitrogen and oxygen atoms in total. The van der Waals surface area contributed by atoms with Crippen molar-refractivity contribution in [1.29, 1.82) is 0 Å². The molecule has 0 aliphatic carbocycles. The normalized spacial score (nSPS) is 11.6. The number of anilines is 1. The van der Waals surface area contributed by atoms with E-state index < -0.39 is 11.5 Å². The molecular weight excluding hydrogens is 360 g/mol. The molecule has 3 aromatic rings.